The van der Waals surface area contributed by atoms with Crippen molar-refractivity contribution in [3.8, 4) is 11.4 Å². The van der Waals surface area contributed by atoms with Crippen LogP contribution in [0, 0.1) is 0 Å². The van der Waals surface area contributed by atoms with Crippen LogP contribution in [-0.4, -0.2) is 9.97 Å². The van der Waals surface area contributed by atoms with E-state index in [1.807, 2.05) is 0 Å². The third kappa shape index (κ3) is 2.74. The topological polar surface area (TPSA) is 77.8 Å². The molecule has 0 aliphatic heterocycles. The van der Waals surface area contributed by atoms with Gasteiger partial charge in [-0.25, -0.2) is 0 Å². The largest absolute Gasteiger partial charge is 0.399 e. The zero-order valence-corrected chi connectivity index (χ0v) is 10.4. The van der Waals surface area contributed by atoms with Gasteiger partial charge in [-0.05, 0) is 24.3 Å². The van der Waals surface area contributed by atoms with E-state index >= 15 is 0 Å². The number of anilines is 2. The Morgan fingerprint density at radius 1 is 0.800 bits per heavy atom. The van der Waals surface area contributed by atoms with Gasteiger partial charge in [0.05, 0.1) is 11.4 Å². The molecule has 5 heteroatoms. The molecule has 2 aromatic rings. The molecule has 0 saturated carbocycles. The van der Waals surface area contributed by atoms with E-state index in [0.717, 1.165) is 11.4 Å². The van der Waals surface area contributed by atoms with Crippen LogP contribution in [-0.2, 0) is 19.8 Å². The van der Waals surface area contributed by atoms with Gasteiger partial charge in [0.2, 0.25) is 0 Å². The Morgan fingerprint density at radius 3 is 1.53 bits per heavy atom. The van der Waals surface area contributed by atoms with Crippen LogP contribution in [0.3, 0.4) is 0 Å². The van der Waals surface area contributed by atoms with Gasteiger partial charge in [0.15, 0.2) is 0 Å². The Balaban J connectivity index is 0.00000112. The second-order valence-electron chi connectivity index (χ2n) is 2.95. The molecular formula is C10H10N4Os. The van der Waals surface area contributed by atoms with E-state index in [9.17, 15) is 0 Å². The molecule has 0 aliphatic rings. The molecule has 0 saturated heterocycles. The molecule has 0 amide bonds. The predicted molar refractivity (Wildman–Crippen MR) is 56.3 cm³/mol. The molecular weight excluding hydrogens is 366 g/mol. The van der Waals surface area contributed by atoms with Crippen LogP contribution in [0.1, 0.15) is 0 Å². The normalized spacial score (nSPS) is 9.33. The number of rotatable bonds is 1. The molecule has 15 heavy (non-hydrogen) atoms. The number of nitrogens with zero attached hydrogens (tertiary/aromatic N) is 2. The summed E-state index contributed by atoms with van der Waals surface area (Å²) in [7, 11) is 0. The Kier molecular flexibility index (Phi) is 3.76. The van der Waals surface area contributed by atoms with E-state index < -0.39 is 0 Å². The summed E-state index contributed by atoms with van der Waals surface area (Å²) in [5.74, 6) is 0. The van der Waals surface area contributed by atoms with Crippen LogP contribution in [0.2, 0.25) is 0 Å². The van der Waals surface area contributed by atoms with Crippen LogP contribution in [0.25, 0.3) is 11.4 Å². The summed E-state index contributed by atoms with van der Waals surface area (Å²) in [4.78, 5) is 8.31. The summed E-state index contributed by atoms with van der Waals surface area (Å²) in [6.07, 6.45) is 3.30. The van der Waals surface area contributed by atoms with Crippen LogP contribution in [0.15, 0.2) is 36.7 Å². The maximum absolute atomic E-state index is 5.63. The van der Waals surface area contributed by atoms with Gasteiger partial charge in [-0.2, -0.15) is 0 Å². The Morgan fingerprint density at radius 2 is 1.20 bits per heavy atom. The maximum Gasteiger partial charge on any atom is 0.0907 e. The Bertz CT molecular complexity index is 415. The minimum absolute atomic E-state index is 0. The van der Waals surface area contributed by atoms with E-state index in [4.69, 9.17) is 11.5 Å². The first-order valence-electron chi connectivity index (χ1n) is 4.19. The van der Waals surface area contributed by atoms with Crippen molar-refractivity contribution in [3.63, 3.8) is 0 Å². The van der Waals surface area contributed by atoms with Crippen molar-refractivity contribution in [2.24, 2.45) is 0 Å². The van der Waals surface area contributed by atoms with Crippen molar-refractivity contribution < 1.29 is 19.8 Å². The molecule has 0 bridgehead atoms. The summed E-state index contributed by atoms with van der Waals surface area (Å²) < 4.78 is 0. The summed E-state index contributed by atoms with van der Waals surface area (Å²) >= 11 is 0. The van der Waals surface area contributed by atoms with Crippen molar-refractivity contribution in [1.29, 1.82) is 0 Å². The van der Waals surface area contributed by atoms with Crippen molar-refractivity contribution in [2.75, 3.05) is 11.5 Å². The summed E-state index contributed by atoms with van der Waals surface area (Å²) in [5.41, 5.74) is 14.1. The standard InChI is InChI=1S/C10H10N4.Os/c11-7-1-3-13-9(5-7)10-6-8(12)2-4-14-10;/h1-6H,(H2,11,13)(H2,12,14);. The second-order valence-corrected chi connectivity index (χ2v) is 2.95. The SMILES string of the molecule is Nc1ccnc(-c2cc(N)ccn2)c1.[Os]. The predicted octanol–water partition coefficient (Wildman–Crippen LogP) is 1.31. The van der Waals surface area contributed by atoms with Gasteiger partial charge in [-0.3, -0.25) is 9.97 Å². The molecule has 0 atom stereocenters. The minimum Gasteiger partial charge on any atom is -0.399 e. The molecule has 4 N–H and O–H groups in total. The third-order valence-corrected chi connectivity index (χ3v) is 1.83. The van der Waals surface area contributed by atoms with Gasteiger partial charge >= 0.3 is 0 Å². The first-order valence-corrected chi connectivity index (χ1v) is 4.19. The van der Waals surface area contributed by atoms with Gasteiger partial charge in [0.25, 0.3) is 0 Å². The smallest absolute Gasteiger partial charge is 0.0907 e. The third-order valence-electron chi connectivity index (χ3n) is 1.83. The Labute approximate surface area is 101 Å². The maximum atomic E-state index is 5.63. The van der Waals surface area contributed by atoms with Gasteiger partial charge in [0, 0.05) is 43.6 Å². The fraction of sp³-hybridized carbons (Fsp3) is 0. The zero-order chi connectivity index (χ0) is 9.97. The number of nitrogen functional groups attached to an aromatic ring is 2. The van der Waals surface area contributed by atoms with E-state index in [1.165, 1.54) is 0 Å². The Hall–Kier alpha value is -1.46. The number of aromatic nitrogens is 2. The first-order chi connectivity index (χ1) is 6.75. The van der Waals surface area contributed by atoms with E-state index in [2.05, 4.69) is 9.97 Å². The summed E-state index contributed by atoms with van der Waals surface area (Å²) in [6.45, 7) is 0. The molecule has 2 aromatic heterocycles. The number of hydrogen-bond acceptors (Lipinski definition) is 4. The summed E-state index contributed by atoms with van der Waals surface area (Å²) in [6, 6.07) is 7.00. The number of hydrogen-bond donors (Lipinski definition) is 2. The average Bonchev–Trinajstić information content (AvgIpc) is 2.18. The fourth-order valence-electron chi connectivity index (χ4n) is 1.17. The van der Waals surface area contributed by atoms with E-state index in [1.54, 1.807) is 36.7 Å². The molecule has 0 radical (unpaired) electrons. The molecule has 0 aliphatic carbocycles. The fourth-order valence-corrected chi connectivity index (χ4v) is 1.17. The van der Waals surface area contributed by atoms with Gasteiger partial charge in [-0.15, -0.1) is 0 Å². The van der Waals surface area contributed by atoms with Gasteiger partial charge in [0.1, 0.15) is 0 Å². The summed E-state index contributed by atoms with van der Waals surface area (Å²) in [5, 5.41) is 0. The van der Waals surface area contributed by atoms with Crippen molar-refractivity contribution in [2.45, 2.75) is 0 Å². The molecule has 2 heterocycles. The monoisotopic (exact) mass is 378 g/mol. The molecule has 4 nitrogen and oxygen atoms in total. The van der Waals surface area contributed by atoms with Crippen molar-refractivity contribution in [1.82, 2.24) is 9.97 Å². The van der Waals surface area contributed by atoms with Gasteiger partial charge < -0.3 is 11.5 Å². The van der Waals surface area contributed by atoms with Crippen LogP contribution in [0.4, 0.5) is 11.4 Å². The average molecular weight is 376 g/mol. The van der Waals surface area contributed by atoms with Crippen molar-refractivity contribution >= 4 is 11.4 Å². The first kappa shape index (κ1) is 11.6. The number of nitrogens with two attached hydrogens (primary N) is 2. The quantitative estimate of drug-likeness (QED) is 0.787. The molecule has 0 fully saturated rings. The van der Waals surface area contributed by atoms with Crippen LogP contribution < -0.4 is 11.5 Å². The molecule has 0 unspecified atom stereocenters. The second kappa shape index (κ2) is 4.86. The molecule has 2 rings (SSSR count). The minimum atomic E-state index is 0. The zero-order valence-electron chi connectivity index (χ0n) is 7.87. The van der Waals surface area contributed by atoms with E-state index in [0.29, 0.717) is 11.4 Å². The van der Waals surface area contributed by atoms with Crippen molar-refractivity contribution in [3.05, 3.63) is 36.7 Å². The van der Waals surface area contributed by atoms with E-state index in [-0.39, 0.29) is 19.8 Å². The van der Waals surface area contributed by atoms with Crippen LogP contribution >= 0.6 is 0 Å². The molecule has 0 spiro atoms. The van der Waals surface area contributed by atoms with Gasteiger partial charge in [-0.1, -0.05) is 0 Å². The molecule has 0 aromatic carbocycles. The number of pyridine rings is 2. The molecule has 78 valence electrons. The van der Waals surface area contributed by atoms with Crippen LogP contribution in [0.5, 0.6) is 0 Å².